The number of rotatable bonds is 7. The van der Waals surface area contributed by atoms with Crippen molar-refractivity contribution in [2.75, 3.05) is 12.8 Å². The molecule has 0 aliphatic heterocycles. The molecule has 20 heavy (non-hydrogen) atoms. The van der Waals surface area contributed by atoms with Crippen LogP contribution < -0.4 is 10.6 Å². The van der Waals surface area contributed by atoms with Gasteiger partial charge in [-0.25, -0.2) is 0 Å². The maximum Gasteiger partial charge on any atom is 0.230 e. The summed E-state index contributed by atoms with van der Waals surface area (Å²) < 4.78 is 0. The minimum Gasteiger partial charge on any atom is -0.353 e. The molecule has 3 nitrogen and oxygen atoms in total. The average Bonchev–Trinajstić information content (AvgIpc) is 2.44. The van der Waals surface area contributed by atoms with E-state index in [1.807, 2.05) is 20.0 Å². The van der Waals surface area contributed by atoms with E-state index in [1.165, 1.54) is 5.56 Å². The van der Waals surface area contributed by atoms with Crippen molar-refractivity contribution in [2.24, 2.45) is 5.92 Å². The van der Waals surface area contributed by atoms with E-state index < -0.39 is 0 Å². The van der Waals surface area contributed by atoms with Crippen LogP contribution in [-0.2, 0) is 4.79 Å². The number of carbonyl (C=O) groups excluding carboxylic acids is 1. The fourth-order valence-corrected chi connectivity index (χ4v) is 2.43. The molecule has 1 aromatic rings. The Labute approximate surface area is 126 Å². The summed E-state index contributed by atoms with van der Waals surface area (Å²) in [6.45, 7) is 8.39. The lowest BCUT2D eigenvalue weighted by atomic mass is 10.1. The van der Waals surface area contributed by atoms with Crippen molar-refractivity contribution in [3.63, 3.8) is 0 Å². The number of nitrogens with one attached hydrogen (secondary N) is 2. The monoisotopic (exact) mass is 294 g/mol. The summed E-state index contributed by atoms with van der Waals surface area (Å²) in [6, 6.07) is 8.89. The number of thioether (sulfide) groups is 1. The summed E-state index contributed by atoms with van der Waals surface area (Å²) in [5.74, 6) is 1.03. The number of hydrogen-bond acceptors (Lipinski definition) is 3. The van der Waals surface area contributed by atoms with Crippen LogP contribution in [0.1, 0.15) is 39.3 Å². The summed E-state index contributed by atoms with van der Waals surface area (Å²) in [7, 11) is 1.95. The Bertz CT molecular complexity index is 434. The summed E-state index contributed by atoms with van der Waals surface area (Å²) >= 11 is 1.58. The van der Waals surface area contributed by atoms with Crippen molar-refractivity contribution in [3.05, 3.63) is 29.8 Å². The predicted molar refractivity (Wildman–Crippen MR) is 87.1 cm³/mol. The molecule has 1 amide bonds. The first kappa shape index (κ1) is 17.1. The van der Waals surface area contributed by atoms with Crippen molar-refractivity contribution in [1.82, 2.24) is 10.6 Å². The summed E-state index contributed by atoms with van der Waals surface area (Å²) in [5, 5.41) is 6.25. The normalized spacial score (nSPS) is 14.1. The number of hydrogen-bond donors (Lipinski definition) is 2. The zero-order chi connectivity index (χ0) is 15.1. The molecular formula is C16H26N2OS. The van der Waals surface area contributed by atoms with Crippen molar-refractivity contribution < 1.29 is 4.79 Å². The van der Waals surface area contributed by atoms with Gasteiger partial charge in [-0.3, -0.25) is 4.79 Å². The van der Waals surface area contributed by atoms with Crippen LogP contribution in [0.25, 0.3) is 0 Å². The van der Waals surface area contributed by atoms with E-state index in [4.69, 9.17) is 0 Å². The average molecular weight is 294 g/mol. The van der Waals surface area contributed by atoms with E-state index in [2.05, 4.69) is 49.6 Å². The number of benzene rings is 1. The summed E-state index contributed by atoms with van der Waals surface area (Å²) in [6.07, 6.45) is 0. The van der Waals surface area contributed by atoms with Gasteiger partial charge in [-0.1, -0.05) is 26.0 Å². The van der Waals surface area contributed by atoms with E-state index in [1.54, 1.807) is 11.8 Å². The molecule has 2 atom stereocenters. The molecule has 0 heterocycles. The van der Waals surface area contributed by atoms with E-state index >= 15 is 0 Å². The largest absolute Gasteiger partial charge is 0.353 e. The van der Waals surface area contributed by atoms with Crippen molar-refractivity contribution in [2.45, 2.75) is 44.7 Å². The van der Waals surface area contributed by atoms with Gasteiger partial charge in [0.1, 0.15) is 0 Å². The lowest BCUT2D eigenvalue weighted by Crippen LogP contribution is -2.37. The van der Waals surface area contributed by atoms with Crippen LogP contribution in [0.15, 0.2) is 29.2 Å². The second-order valence-electron chi connectivity index (χ2n) is 5.47. The van der Waals surface area contributed by atoms with Gasteiger partial charge < -0.3 is 10.6 Å². The molecule has 0 saturated carbocycles. The molecule has 0 fully saturated rings. The molecule has 112 valence electrons. The van der Waals surface area contributed by atoms with Gasteiger partial charge in [0.25, 0.3) is 0 Å². The molecule has 1 aromatic carbocycles. The van der Waals surface area contributed by atoms with E-state index in [9.17, 15) is 4.79 Å². The van der Waals surface area contributed by atoms with E-state index in [0.717, 1.165) is 4.90 Å². The van der Waals surface area contributed by atoms with Crippen LogP contribution in [0.3, 0.4) is 0 Å². The highest BCUT2D eigenvalue weighted by Crippen LogP contribution is 2.22. The van der Waals surface area contributed by atoms with Gasteiger partial charge in [0.05, 0.1) is 5.75 Å². The quantitative estimate of drug-likeness (QED) is 0.759. The smallest absolute Gasteiger partial charge is 0.230 e. The zero-order valence-electron chi connectivity index (χ0n) is 13.1. The molecule has 0 aliphatic rings. The van der Waals surface area contributed by atoms with Gasteiger partial charge in [-0.15, -0.1) is 11.8 Å². The Morgan fingerprint density at radius 2 is 1.95 bits per heavy atom. The first-order valence-electron chi connectivity index (χ1n) is 7.13. The highest BCUT2D eigenvalue weighted by Gasteiger charge is 2.11. The summed E-state index contributed by atoms with van der Waals surface area (Å²) in [4.78, 5) is 13.0. The number of amides is 1. The van der Waals surface area contributed by atoms with E-state index in [0.29, 0.717) is 17.7 Å². The molecule has 1 rings (SSSR count). The Morgan fingerprint density at radius 1 is 1.25 bits per heavy atom. The lowest BCUT2D eigenvalue weighted by Gasteiger charge is -2.17. The van der Waals surface area contributed by atoms with Crippen LogP contribution in [0.5, 0.6) is 0 Å². The fourth-order valence-electron chi connectivity index (χ4n) is 1.65. The van der Waals surface area contributed by atoms with Gasteiger partial charge in [-0.2, -0.15) is 0 Å². The third-order valence-electron chi connectivity index (χ3n) is 3.55. The maximum absolute atomic E-state index is 11.9. The molecule has 0 aliphatic carbocycles. The molecule has 0 radical (unpaired) electrons. The van der Waals surface area contributed by atoms with Crippen LogP contribution in [0, 0.1) is 5.92 Å². The predicted octanol–water partition coefficient (Wildman–Crippen LogP) is 3.22. The Kier molecular flexibility index (Phi) is 7.10. The van der Waals surface area contributed by atoms with Crippen LogP contribution in [-0.4, -0.2) is 24.7 Å². The third-order valence-corrected chi connectivity index (χ3v) is 4.54. The topological polar surface area (TPSA) is 41.1 Å². The minimum atomic E-state index is 0.100. The SMILES string of the molecule is CNC(C)c1cccc(SCC(=O)NC(C)C(C)C)c1. The van der Waals surface area contributed by atoms with Gasteiger partial charge in [0, 0.05) is 17.0 Å². The lowest BCUT2D eigenvalue weighted by molar-refractivity contribution is -0.119. The third kappa shape index (κ3) is 5.55. The standard InChI is InChI=1S/C16H26N2OS/c1-11(2)12(3)18-16(19)10-20-15-8-6-7-14(9-15)13(4)17-5/h6-9,11-13,17H,10H2,1-5H3,(H,18,19). The summed E-state index contributed by atoms with van der Waals surface area (Å²) in [5.41, 5.74) is 1.24. The van der Waals surface area contributed by atoms with Crippen LogP contribution in [0.2, 0.25) is 0 Å². The molecule has 0 saturated heterocycles. The van der Waals surface area contributed by atoms with Crippen molar-refractivity contribution >= 4 is 17.7 Å². The fraction of sp³-hybridized carbons (Fsp3) is 0.562. The van der Waals surface area contributed by atoms with Gasteiger partial charge in [-0.05, 0) is 44.5 Å². The molecular weight excluding hydrogens is 268 g/mol. The molecule has 4 heteroatoms. The van der Waals surface area contributed by atoms with Crippen LogP contribution >= 0.6 is 11.8 Å². The first-order valence-corrected chi connectivity index (χ1v) is 8.12. The molecule has 0 aromatic heterocycles. The Morgan fingerprint density at radius 3 is 2.55 bits per heavy atom. The van der Waals surface area contributed by atoms with Gasteiger partial charge in [0.2, 0.25) is 5.91 Å². The molecule has 0 bridgehead atoms. The second-order valence-corrected chi connectivity index (χ2v) is 6.52. The highest BCUT2D eigenvalue weighted by atomic mass is 32.2. The second kappa shape index (κ2) is 8.32. The Hall–Kier alpha value is -1.00. The maximum atomic E-state index is 11.9. The van der Waals surface area contributed by atoms with E-state index in [-0.39, 0.29) is 11.9 Å². The highest BCUT2D eigenvalue weighted by molar-refractivity contribution is 8.00. The number of carbonyl (C=O) groups is 1. The molecule has 2 N–H and O–H groups in total. The molecule has 2 unspecified atom stereocenters. The van der Waals surface area contributed by atoms with Crippen molar-refractivity contribution in [3.8, 4) is 0 Å². The first-order chi connectivity index (χ1) is 9.43. The Balaban J connectivity index is 2.51. The van der Waals surface area contributed by atoms with Crippen molar-refractivity contribution in [1.29, 1.82) is 0 Å². The molecule has 0 spiro atoms. The van der Waals surface area contributed by atoms with Crippen LogP contribution in [0.4, 0.5) is 0 Å². The van der Waals surface area contributed by atoms with Gasteiger partial charge in [0.15, 0.2) is 0 Å². The minimum absolute atomic E-state index is 0.100. The van der Waals surface area contributed by atoms with Gasteiger partial charge >= 0.3 is 0 Å². The zero-order valence-corrected chi connectivity index (χ0v) is 13.9.